The third kappa shape index (κ3) is 5.70. The second-order valence-electron chi connectivity index (χ2n) is 9.83. The molecule has 4 aromatic rings. The molecule has 0 bridgehead atoms. The number of nitrogens with zero attached hydrogens (tertiary/aromatic N) is 3. The van der Waals surface area contributed by atoms with E-state index in [-0.39, 0.29) is 11.0 Å². The standard InChI is InChI=1S/C30H29ClN4O3S/c31-24-8-6-21(7-9-24)16-32-30(37)26-19-35-28-25(29(26)36)14-23(17-33-10-12-38-13-11-33)15-27(28)39-20-34(35)18-22-4-2-1-3-5-22/h1-9,14-15,19H,10-13,16-18,20H2,(H,32,37). The van der Waals surface area contributed by atoms with Crippen molar-refractivity contribution in [3.8, 4) is 0 Å². The van der Waals surface area contributed by atoms with E-state index in [9.17, 15) is 9.59 Å². The zero-order chi connectivity index (χ0) is 26.8. The van der Waals surface area contributed by atoms with Gasteiger partial charge in [0, 0.05) is 47.7 Å². The average Bonchev–Trinajstić information content (AvgIpc) is 2.96. The lowest BCUT2D eigenvalue weighted by Gasteiger charge is -2.34. The van der Waals surface area contributed by atoms with E-state index in [1.807, 2.05) is 41.1 Å². The van der Waals surface area contributed by atoms with Crippen LogP contribution in [0.3, 0.4) is 0 Å². The minimum absolute atomic E-state index is 0.135. The summed E-state index contributed by atoms with van der Waals surface area (Å²) in [6, 6.07) is 21.7. The highest BCUT2D eigenvalue weighted by atomic mass is 35.5. The van der Waals surface area contributed by atoms with Gasteiger partial charge in [-0.1, -0.05) is 54.1 Å². The number of thioether (sulfide) groups is 1. The molecule has 0 saturated carbocycles. The first kappa shape index (κ1) is 26.0. The SMILES string of the molecule is O=C(NCc1ccc(Cl)cc1)c1cn2c3c(cc(CN4CCOCC4)cc3c1=O)SCN2Cc1ccccc1. The Morgan fingerprint density at radius 1 is 0.949 bits per heavy atom. The van der Waals surface area contributed by atoms with Gasteiger partial charge in [-0.3, -0.25) is 24.2 Å². The summed E-state index contributed by atoms with van der Waals surface area (Å²) in [6.45, 7) is 4.87. The predicted octanol–water partition coefficient (Wildman–Crippen LogP) is 4.62. The van der Waals surface area contributed by atoms with Crippen LogP contribution in [0.15, 0.2) is 82.6 Å². The number of aromatic nitrogens is 1. The molecule has 0 atom stereocenters. The van der Waals surface area contributed by atoms with Gasteiger partial charge in [-0.05, 0) is 41.0 Å². The number of morpholine rings is 1. The molecule has 200 valence electrons. The molecular formula is C30H29ClN4O3S. The third-order valence-corrected chi connectivity index (χ3v) is 8.41. The minimum Gasteiger partial charge on any atom is -0.379 e. The lowest BCUT2D eigenvalue weighted by Crippen LogP contribution is -2.39. The molecule has 3 heterocycles. The van der Waals surface area contributed by atoms with Crippen molar-refractivity contribution < 1.29 is 9.53 Å². The summed E-state index contributed by atoms with van der Waals surface area (Å²) in [5, 5.41) is 6.31. The van der Waals surface area contributed by atoms with Gasteiger partial charge in [-0.15, -0.1) is 11.8 Å². The van der Waals surface area contributed by atoms with Crippen LogP contribution in [0.2, 0.25) is 5.02 Å². The summed E-state index contributed by atoms with van der Waals surface area (Å²) in [5.41, 5.74) is 3.88. The Labute approximate surface area is 236 Å². The number of nitrogens with one attached hydrogen (secondary N) is 1. The van der Waals surface area contributed by atoms with E-state index in [1.165, 1.54) is 0 Å². The van der Waals surface area contributed by atoms with E-state index in [2.05, 4.69) is 33.4 Å². The summed E-state index contributed by atoms with van der Waals surface area (Å²) in [6.07, 6.45) is 1.70. The van der Waals surface area contributed by atoms with Crippen LogP contribution in [0.1, 0.15) is 27.0 Å². The van der Waals surface area contributed by atoms with Gasteiger partial charge in [0.15, 0.2) is 0 Å². The van der Waals surface area contributed by atoms with Crippen molar-refractivity contribution in [2.24, 2.45) is 0 Å². The molecule has 0 unspecified atom stereocenters. The summed E-state index contributed by atoms with van der Waals surface area (Å²) in [4.78, 5) is 30.6. The molecule has 1 N–H and O–H groups in total. The maximum atomic E-state index is 13.8. The second kappa shape index (κ2) is 11.4. The van der Waals surface area contributed by atoms with Crippen LogP contribution < -0.4 is 15.8 Å². The van der Waals surface area contributed by atoms with E-state index < -0.39 is 5.91 Å². The topological polar surface area (TPSA) is 66.8 Å². The summed E-state index contributed by atoms with van der Waals surface area (Å²) in [5.74, 6) is 0.311. The van der Waals surface area contributed by atoms with Crippen LogP contribution in [0.5, 0.6) is 0 Å². The van der Waals surface area contributed by atoms with Crippen molar-refractivity contribution in [2.45, 2.75) is 24.5 Å². The number of carbonyl (C=O) groups excluding carboxylic acids is 1. The Morgan fingerprint density at radius 2 is 1.72 bits per heavy atom. The summed E-state index contributed by atoms with van der Waals surface area (Å²) >= 11 is 7.73. The number of rotatable bonds is 7. The predicted molar refractivity (Wildman–Crippen MR) is 156 cm³/mol. The Bertz CT molecular complexity index is 1550. The Balaban J connectivity index is 1.39. The summed E-state index contributed by atoms with van der Waals surface area (Å²) in [7, 11) is 0. The molecule has 9 heteroatoms. The van der Waals surface area contributed by atoms with E-state index >= 15 is 0 Å². The highest BCUT2D eigenvalue weighted by molar-refractivity contribution is 7.99. The van der Waals surface area contributed by atoms with Gasteiger partial charge in [0.25, 0.3) is 5.91 Å². The molecule has 3 aromatic carbocycles. The summed E-state index contributed by atoms with van der Waals surface area (Å²) < 4.78 is 7.51. The van der Waals surface area contributed by atoms with Crippen molar-refractivity contribution in [3.05, 3.63) is 110 Å². The quantitative estimate of drug-likeness (QED) is 0.356. The molecule has 1 fully saturated rings. The molecule has 6 rings (SSSR count). The average molecular weight is 561 g/mol. The van der Waals surface area contributed by atoms with E-state index in [0.29, 0.717) is 42.6 Å². The van der Waals surface area contributed by atoms with Gasteiger partial charge >= 0.3 is 0 Å². The van der Waals surface area contributed by atoms with Crippen molar-refractivity contribution in [2.75, 3.05) is 37.2 Å². The maximum absolute atomic E-state index is 13.8. The molecule has 1 saturated heterocycles. The number of hydrogen-bond donors (Lipinski definition) is 1. The second-order valence-corrected chi connectivity index (χ2v) is 11.3. The number of pyridine rings is 1. The molecule has 2 aliphatic rings. The van der Waals surface area contributed by atoms with Crippen LogP contribution in [-0.2, 0) is 24.4 Å². The number of ether oxygens (including phenoxy) is 1. The normalized spacial score (nSPS) is 15.5. The number of benzene rings is 3. The highest BCUT2D eigenvalue weighted by Crippen LogP contribution is 2.34. The fourth-order valence-electron chi connectivity index (χ4n) is 5.07. The van der Waals surface area contributed by atoms with Gasteiger partial charge in [-0.25, -0.2) is 0 Å². The van der Waals surface area contributed by atoms with Crippen LogP contribution >= 0.6 is 23.4 Å². The molecule has 1 aromatic heterocycles. The first-order valence-electron chi connectivity index (χ1n) is 13.0. The molecule has 0 radical (unpaired) electrons. The number of amides is 1. The molecule has 1 amide bonds. The van der Waals surface area contributed by atoms with Crippen LogP contribution in [0, 0.1) is 0 Å². The highest BCUT2D eigenvalue weighted by Gasteiger charge is 2.25. The first-order valence-corrected chi connectivity index (χ1v) is 14.4. The van der Waals surface area contributed by atoms with Gasteiger partial charge < -0.3 is 10.1 Å². The van der Waals surface area contributed by atoms with E-state index in [4.69, 9.17) is 16.3 Å². The monoisotopic (exact) mass is 560 g/mol. The van der Waals surface area contributed by atoms with Crippen molar-refractivity contribution >= 4 is 40.2 Å². The fourth-order valence-corrected chi connectivity index (χ4v) is 6.28. The van der Waals surface area contributed by atoms with Crippen molar-refractivity contribution in [3.63, 3.8) is 0 Å². The van der Waals surface area contributed by atoms with Crippen LogP contribution in [-0.4, -0.2) is 47.7 Å². The minimum atomic E-state index is -0.390. The Kier molecular flexibility index (Phi) is 7.61. The smallest absolute Gasteiger partial charge is 0.257 e. The molecule has 39 heavy (non-hydrogen) atoms. The van der Waals surface area contributed by atoms with Gasteiger partial charge in [0.1, 0.15) is 5.56 Å². The Hall–Kier alpha value is -3.30. The lowest BCUT2D eigenvalue weighted by atomic mass is 10.1. The molecule has 0 aliphatic carbocycles. The van der Waals surface area contributed by atoms with Gasteiger partial charge in [0.2, 0.25) is 5.43 Å². The van der Waals surface area contributed by atoms with Crippen LogP contribution in [0.4, 0.5) is 0 Å². The first-order chi connectivity index (χ1) is 19.0. The zero-order valence-electron chi connectivity index (χ0n) is 21.4. The molecule has 7 nitrogen and oxygen atoms in total. The Morgan fingerprint density at radius 3 is 2.49 bits per heavy atom. The zero-order valence-corrected chi connectivity index (χ0v) is 23.0. The molecule has 2 aliphatic heterocycles. The fraction of sp³-hybridized carbons (Fsp3) is 0.267. The maximum Gasteiger partial charge on any atom is 0.257 e. The van der Waals surface area contributed by atoms with Crippen molar-refractivity contribution in [1.29, 1.82) is 0 Å². The number of hydrogen-bond acceptors (Lipinski definition) is 6. The third-order valence-electron chi connectivity index (χ3n) is 7.11. The van der Waals surface area contributed by atoms with Gasteiger partial charge in [0.05, 0.1) is 31.2 Å². The largest absolute Gasteiger partial charge is 0.379 e. The van der Waals surface area contributed by atoms with Crippen LogP contribution in [0.25, 0.3) is 10.9 Å². The van der Waals surface area contributed by atoms with E-state index in [0.717, 1.165) is 46.7 Å². The molecular weight excluding hydrogens is 532 g/mol. The van der Waals surface area contributed by atoms with E-state index in [1.54, 1.807) is 30.1 Å². The lowest BCUT2D eigenvalue weighted by molar-refractivity contribution is 0.0342. The number of halogens is 1. The van der Waals surface area contributed by atoms with Crippen molar-refractivity contribution in [1.82, 2.24) is 14.9 Å². The number of carbonyl (C=O) groups is 1. The van der Waals surface area contributed by atoms with Gasteiger partial charge in [-0.2, -0.15) is 0 Å². The molecule has 0 spiro atoms.